The second-order valence-corrected chi connectivity index (χ2v) is 8.16. The fraction of sp³-hybridized carbons (Fsp3) is 0.231. The maximum atomic E-state index is 3.47. The van der Waals surface area contributed by atoms with Gasteiger partial charge in [-0.1, -0.05) is 66.7 Å². The minimum absolute atomic E-state index is 0.639. The van der Waals surface area contributed by atoms with Gasteiger partial charge in [-0.15, -0.1) is 0 Å². The smallest absolute Gasteiger partial charge is 0.0212 e. The second-order valence-electron chi connectivity index (χ2n) is 8.16. The molecule has 1 heterocycles. The first-order valence-electron chi connectivity index (χ1n) is 10.1. The summed E-state index contributed by atoms with van der Waals surface area (Å²) in [7, 11) is 0. The van der Waals surface area contributed by atoms with Crippen molar-refractivity contribution >= 4 is 21.5 Å². The van der Waals surface area contributed by atoms with Crippen LogP contribution in [0.3, 0.4) is 0 Å². The van der Waals surface area contributed by atoms with Crippen molar-refractivity contribution in [3.63, 3.8) is 0 Å². The minimum Gasteiger partial charge on any atom is -0.309 e. The molecule has 4 aromatic carbocycles. The Morgan fingerprint density at radius 1 is 0.704 bits per heavy atom. The van der Waals surface area contributed by atoms with Crippen LogP contribution in [0.5, 0.6) is 0 Å². The number of hydrogen-bond acceptors (Lipinski definition) is 1. The lowest BCUT2D eigenvalue weighted by Gasteiger charge is -2.27. The van der Waals surface area contributed by atoms with Crippen LogP contribution in [-0.2, 0) is 25.9 Å². The number of aryl methyl sites for hydroxylation is 1. The number of nitrogens with one attached hydrogen (secondary N) is 1. The van der Waals surface area contributed by atoms with Gasteiger partial charge in [0.15, 0.2) is 0 Å². The third-order valence-corrected chi connectivity index (χ3v) is 6.68. The molecular formula is C26H23N. The molecule has 1 atom stereocenters. The first-order valence-corrected chi connectivity index (χ1v) is 10.1. The Morgan fingerprint density at radius 3 is 2.56 bits per heavy atom. The molecular weight excluding hydrogens is 326 g/mol. The maximum Gasteiger partial charge on any atom is 0.0212 e. The molecule has 0 amide bonds. The van der Waals surface area contributed by atoms with Gasteiger partial charge in [0.2, 0.25) is 0 Å². The highest BCUT2D eigenvalue weighted by molar-refractivity contribution is 6.08. The van der Waals surface area contributed by atoms with Crippen molar-refractivity contribution in [2.75, 3.05) is 0 Å². The summed E-state index contributed by atoms with van der Waals surface area (Å²) in [6.45, 7) is 2.06. The normalized spacial score (nSPS) is 18.6. The van der Waals surface area contributed by atoms with Crippen LogP contribution in [0.1, 0.15) is 40.2 Å². The van der Waals surface area contributed by atoms with Crippen molar-refractivity contribution in [3.05, 3.63) is 94.5 Å². The van der Waals surface area contributed by atoms with Gasteiger partial charge >= 0.3 is 0 Å². The lowest BCUT2D eigenvalue weighted by molar-refractivity contribution is 0.587. The molecule has 0 saturated carbocycles. The zero-order valence-electron chi connectivity index (χ0n) is 15.5. The first-order chi connectivity index (χ1) is 13.4. The van der Waals surface area contributed by atoms with E-state index in [9.17, 15) is 0 Å². The van der Waals surface area contributed by atoms with E-state index in [-0.39, 0.29) is 0 Å². The minimum atomic E-state index is 0.639. The van der Waals surface area contributed by atoms with Crippen LogP contribution < -0.4 is 5.32 Å². The highest BCUT2D eigenvalue weighted by Crippen LogP contribution is 2.39. The van der Waals surface area contributed by atoms with E-state index in [0.29, 0.717) is 5.92 Å². The zero-order chi connectivity index (χ0) is 17.8. The molecule has 1 nitrogen and oxygen atoms in total. The summed E-state index contributed by atoms with van der Waals surface area (Å²) < 4.78 is 0. The summed E-state index contributed by atoms with van der Waals surface area (Å²) in [5.41, 5.74) is 7.64. The molecule has 4 aromatic rings. The predicted molar refractivity (Wildman–Crippen MR) is 113 cm³/mol. The molecule has 0 saturated heterocycles. The Labute approximate surface area is 160 Å². The molecule has 1 heteroatoms. The van der Waals surface area contributed by atoms with E-state index in [4.69, 9.17) is 0 Å². The standard InChI is InChI=1S/C26H23N/c1-2-4-23-17(3-1)9-12-25-24(23)11-10-18-5-6-20(14-26(18)25)19-7-8-21-15-27-16-22(21)13-19/h1-4,7-13,20,27H,5-6,14-16H2. The van der Waals surface area contributed by atoms with Gasteiger partial charge in [0.05, 0.1) is 0 Å². The van der Waals surface area contributed by atoms with E-state index < -0.39 is 0 Å². The number of fused-ring (bicyclic) bond motifs is 6. The molecule has 0 bridgehead atoms. The van der Waals surface area contributed by atoms with E-state index in [2.05, 4.69) is 72.0 Å². The molecule has 6 rings (SSSR count). The van der Waals surface area contributed by atoms with Crippen LogP contribution >= 0.6 is 0 Å². The quantitative estimate of drug-likeness (QED) is 0.424. The van der Waals surface area contributed by atoms with Gasteiger partial charge in [-0.25, -0.2) is 0 Å². The van der Waals surface area contributed by atoms with Crippen molar-refractivity contribution < 1.29 is 0 Å². The molecule has 27 heavy (non-hydrogen) atoms. The summed E-state index contributed by atoms with van der Waals surface area (Å²) in [4.78, 5) is 0. The van der Waals surface area contributed by atoms with Gasteiger partial charge in [-0.05, 0) is 74.5 Å². The molecule has 1 aliphatic carbocycles. The lowest BCUT2D eigenvalue weighted by atomic mass is 9.77. The fourth-order valence-electron chi connectivity index (χ4n) is 5.20. The molecule has 1 aliphatic heterocycles. The number of hydrogen-bond donors (Lipinski definition) is 1. The predicted octanol–water partition coefficient (Wildman–Crippen LogP) is 5.87. The summed E-state index contributed by atoms with van der Waals surface area (Å²) in [6.07, 6.45) is 3.62. The topological polar surface area (TPSA) is 12.0 Å². The van der Waals surface area contributed by atoms with Crippen LogP contribution in [0.15, 0.2) is 66.7 Å². The maximum absolute atomic E-state index is 3.47. The third kappa shape index (κ3) is 2.42. The van der Waals surface area contributed by atoms with Crippen molar-refractivity contribution in [3.8, 4) is 0 Å². The zero-order valence-corrected chi connectivity index (χ0v) is 15.5. The van der Waals surface area contributed by atoms with Crippen LogP contribution in [0.2, 0.25) is 0 Å². The van der Waals surface area contributed by atoms with Gasteiger partial charge in [0.25, 0.3) is 0 Å². The summed E-state index contributed by atoms with van der Waals surface area (Å²) in [5.74, 6) is 0.639. The Hall–Kier alpha value is -2.64. The molecule has 2 aliphatic rings. The molecule has 1 N–H and O–H groups in total. The summed E-state index contributed by atoms with van der Waals surface area (Å²) >= 11 is 0. The van der Waals surface area contributed by atoms with E-state index in [1.165, 1.54) is 51.1 Å². The van der Waals surface area contributed by atoms with Crippen LogP contribution in [0.25, 0.3) is 21.5 Å². The Balaban J connectivity index is 1.46. The van der Waals surface area contributed by atoms with Gasteiger partial charge in [0, 0.05) is 13.1 Å². The van der Waals surface area contributed by atoms with Gasteiger partial charge in [0.1, 0.15) is 0 Å². The lowest BCUT2D eigenvalue weighted by Crippen LogP contribution is -2.13. The van der Waals surface area contributed by atoms with Crippen molar-refractivity contribution in [1.29, 1.82) is 0 Å². The molecule has 0 aromatic heterocycles. The van der Waals surface area contributed by atoms with Crippen molar-refractivity contribution in [1.82, 2.24) is 5.32 Å². The average Bonchev–Trinajstić information content (AvgIpc) is 3.20. The molecule has 132 valence electrons. The Morgan fingerprint density at radius 2 is 1.56 bits per heavy atom. The van der Waals surface area contributed by atoms with E-state index in [0.717, 1.165) is 19.5 Å². The average molecular weight is 349 g/mol. The highest BCUT2D eigenvalue weighted by atomic mass is 14.9. The fourth-order valence-corrected chi connectivity index (χ4v) is 5.20. The highest BCUT2D eigenvalue weighted by Gasteiger charge is 2.23. The largest absolute Gasteiger partial charge is 0.309 e. The van der Waals surface area contributed by atoms with Crippen LogP contribution in [-0.4, -0.2) is 0 Å². The van der Waals surface area contributed by atoms with Gasteiger partial charge in [-0.3, -0.25) is 0 Å². The summed E-state index contributed by atoms with van der Waals surface area (Å²) in [6, 6.07) is 25.3. The number of benzene rings is 4. The van der Waals surface area contributed by atoms with Gasteiger partial charge < -0.3 is 5.32 Å². The van der Waals surface area contributed by atoms with E-state index in [1.54, 1.807) is 11.1 Å². The van der Waals surface area contributed by atoms with Gasteiger partial charge in [-0.2, -0.15) is 0 Å². The SMILES string of the molecule is c1ccc2c(c1)ccc1c3c(ccc12)CCC(c1ccc2c(c1)CNC2)C3. The number of rotatable bonds is 1. The van der Waals surface area contributed by atoms with Crippen LogP contribution in [0, 0.1) is 0 Å². The van der Waals surface area contributed by atoms with E-state index in [1.807, 2.05) is 0 Å². The van der Waals surface area contributed by atoms with Crippen molar-refractivity contribution in [2.24, 2.45) is 0 Å². The first kappa shape index (κ1) is 15.4. The second kappa shape index (κ2) is 5.94. The molecule has 0 spiro atoms. The van der Waals surface area contributed by atoms with E-state index >= 15 is 0 Å². The van der Waals surface area contributed by atoms with Crippen LogP contribution in [0.4, 0.5) is 0 Å². The third-order valence-electron chi connectivity index (χ3n) is 6.68. The molecule has 0 radical (unpaired) electrons. The Bertz CT molecular complexity index is 1190. The summed E-state index contributed by atoms with van der Waals surface area (Å²) in [5, 5.41) is 9.05. The Kier molecular flexibility index (Phi) is 3.39. The molecule has 0 fully saturated rings. The molecule has 1 unspecified atom stereocenters. The van der Waals surface area contributed by atoms with Crippen molar-refractivity contribution in [2.45, 2.75) is 38.3 Å². The monoisotopic (exact) mass is 349 g/mol.